The van der Waals surface area contributed by atoms with Gasteiger partial charge in [-0.1, -0.05) is 35.9 Å². The molecule has 1 aliphatic rings. The summed E-state index contributed by atoms with van der Waals surface area (Å²) in [6.45, 7) is 1.80. The van der Waals surface area contributed by atoms with Crippen LogP contribution in [0, 0.1) is 6.92 Å². The van der Waals surface area contributed by atoms with Gasteiger partial charge in [0.2, 0.25) is 0 Å². The summed E-state index contributed by atoms with van der Waals surface area (Å²) in [6.07, 6.45) is 3.50. The number of rotatable bonds is 3. The maximum atomic E-state index is 10.4. The molecular weight excluding hydrogens is 344 g/mol. The number of aliphatic hydroxyl groups is 1. The third kappa shape index (κ3) is 5.06. The lowest BCUT2D eigenvalue weighted by Gasteiger charge is -2.21. The van der Waals surface area contributed by atoms with Crippen molar-refractivity contribution in [1.82, 2.24) is 0 Å². The Morgan fingerprint density at radius 3 is 2.44 bits per heavy atom. The van der Waals surface area contributed by atoms with Crippen LogP contribution in [0.4, 0.5) is 0 Å². The summed E-state index contributed by atoms with van der Waals surface area (Å²) < 4.78 is 41.9. The maximum absolute atomic E-state index is 10.4. The second kappa shape index (κ2) is 8.15. The summed E-state index contributed by atoms with van der Waals surface area (Å²) in [5.41, 5.74) is 1.91. The van der Waals surface area contributed by atoms with E-state index in [1.807, 2.05) is 37.3 Å². The molecule has 0 fully saturated rings. The van der Waals surface area contributed by atoms with Gasteiger partial charge >= 0.3 is 0 Å². The van der Waals surface area contributed by atoms with Crippen LogP contribution in [0.1, 0.15) is 11.1 Å². The Kier molecular flexibility index (Phi) is 6.19. The molecule has 1 atom stereocenters. The summed E-state index contributed by atoms with van der Waals surface area (Å²) in [5, 5.41) is 8.96. The first-order chi connectivity index (χ1) is 11.8. The van der Waals surface area contributed by atoms with Crippen molar-refractivity contribution in [1.29, 1.82) is 0 Å². The number of fused-ring (bicyclic) bond motifs is 1. The quantitative estimate of drug-likeness (QED) is 0.841. The Bertz CT molecular complexity index is 840. The number of hydrogen-bond acceptors (Lipinski definition) is 6. The van der Waals surface area contributed by atoms with E-state index >= 15 is 0 Å². The SMILES string of the molecule is COc1cccc2c1OC(CO)C=C2.Cc1ccc(S(=O)(=O)[O-])cc1. The molecule has 3 rings (SSSR count). The minimum atomic E-state index is -4.27. The van der Waals surface area contributed by atoms with Gasteiger partial charge in [0.25, 0.3) is 0 Å². The first-order valence-corrected chi connectivity index (χ1v) is 8.91. The third-order valence-electron chi connectivity index (χ3n) is 3.48. The van der Waals surface area contributed by atoms with Gasteiger partial charge in [0, 0.05) is 5.56 Å². The number of benzene rings is 2. The second-order valence-electron chi connectivity index (χ2n) is 5.34. The third-order valence-corrected chi connectivity index (χ3v) is 4.33. The lowest BCUT2D eigenvalue weighted by Crippen LogP contribution is -2.21. The minimum absolute atomic E-state index is 0.0199. The van der Waals surface area contributed by atoms with Gasteiger partial charge < -0.3 is 19.1 Å². The van der Waals surface area contributed by atoms with Crippen LogP contribution in [0.15, 0.2) is 53.4 Å². The van der Waals surface area contributed by atoms with Crippen molar-refractivity contribution in [2.75, 3.05) is 13.7 Å². The molecule has 2 aromatic carbocycles. The second-order valence-corrected chi connectivity index (χ2v) is 6.72. The Labute approximate surface area is 147 Å². The number of aliphatic hydroxyl groups excluding tert-OH is 1. The molecule has 1 heterocycles. The van der Waals surface area contributed by atoms with Crippen LogP contribution in [0.2, 0.25) is 0 Å². The zero-order chi connectivity index (χ0) is 18.4. The smallest absolute Gasteiger partial charge is 0.169 e. The zero-order valence-corrected chi connectivity index (χ0v) is 14.7. The monoisotopic (exact) mass is 363 g/mol. The zero-order valence-electron chi connectivity index (χ0n) is 13.9. The predicted octanol–water partition coefficient (Wildman–Crippen LogP) is 2.36. The van der Waals surface area contributed by atoms with Gasteiger partial charge in [-0.2, -0.15) is 0 Å². The fraction of sp³-hybridized carbons (Fsp3) is 0.222. The van der Waals surface area contributed by atoms with E-state index in [1.54, 1.807) is 19.2 Å². The van der Waals surface area contributed by atoms with Crippen molar-refractivity contribution >= 4 is 16.2 Å². The van der Waals surface area contributed by atoms with Crippen molar-refractivity contribution < 1.29 is 27.6 Å². The normalized spacial score (nSPS) is 15.4. The molecule has 7 heteroatoms. The first-order valence-electron chi connectivity index (χ1n) is 7.50. The molecule has 134 valence electrons. The molecule has 1 aliphatic heterocycles. The largest absolute Gasteiger partial charge is 0.744 e. The van der Waals surface area contributed by atoms with Gasteiger partial charge in [-0.25, -0.2) is 8.42 Å². The van der Waals surface area contributed by atoms with Crippen molar-refractivity contribution in [3.8, 4) is 11.5 Å². The van der Waals surface area contributed by atoms with Crippen LogP contribution in [-0.2, 0) is 10.1 Å². The molecule has 2 aromatic rings. The van der Waals surface area contributed by atoms with Gasteiger partial charge in [-0.15, -0.1) is 0 Å². The highest BCUT2D eigenvalue weighted by Gasteiger charge is 2.17. The fourth-order valence-corrected chi connectivity index (χ4v) is 2.63. The molecule has 0 amide bonds. The van der Waals surface area contributed by atoms with Crippen molar-refractivity contribution in [2.45, 2.75) is 17.9 Å². The van der Waals surface area contributed by atoms with E-state index in [0.29, 0.717) is 11.5 Å². The van der Waals surface area contributed by atoms with E-state index in [0.717, 1.165) is 11.1 Å². The molecule has 0 radical (unpaired) electrons. The summed E-state index contributed by atoms with van der Waals surface area (Å²) in [4.78, 5) is -0.178. The molecule has 0 saturated carbocycles. The summed E-state index contributed by atoms with van der Waals surface area (Å²) in [7, 11) is -2.67. The van der Waals surface area contributed by atoms with Crippen molar-refractivity contribution in [3.05, 3.63) is 59.7 Å². The van der Waals surface area contributed by atoms with Crippen LogP contribution in [0.25, 0.3) is 6.08 Å². The molecule has 6 nitrogen and oxygen atoms in total. The maximum Gasteiger partial charge on any atom is 0.169 e. The number of ether oxygens (including phenoxy) is 2. The highest BCUT2D eigenvalue weighted by atomic mass is 32.2. The first kappa shape index (κ1) is 19.0. The van der Waals surface area contributed by atoms with E-state index in [9.17, 15) is 13.0 Å². The van der Waals surface area contributed by atoms with Crippen molar-refractivity contribution in [3.63, 3.8) is 0 Å². The Morgan fingerprint density at radius 2 is 1.88 bits per heavy atom. The molecule has 1 N–H and O–H groups in total. The number of methoxy groups -OCH3 is 1. The molecule has 0 bridgehead atoms. The molecule has 1 unspecified atom stereocenters. The van der Waals surface area contributed by atoms with E-state index in [4.69, 9.17) is 14.6 Å². The molecule has 25 heavy (non-hydrogen) atoms. The number of hydrogen-bond donors (Lipinski definition) is 1. The van der Waals surface area contributed by atoms with E-state index in [1.165, 1.54) is 12.1 Å². The Balaban J connectivity index is 0.000000186. The number of para-hydroxylation sites is 1. The van der Waals surface area contributed by atoms with Crippen LogP contribution >= 0.6 is 0 Å². The van der Waals surface area contributed by atoms with Crippen LogP contribution in [0.3, 0.4) is 0 Å². The average Bonchev–Trinajstić information content (AvgIpc) is 2.60. The molecule has 0 spiro atoms. The Morgan fingerprint density at radius 1 is 1.20 bits per heavy atom. The highest BCUT2D eigenvalue weighted by molar-refractivity contribution is 7.85. The standard InChI is InChI=1S/C11H12O3.C7H8O3S/c1-13-10-4-2-3-8-5-6-9(7-12)14-11(8)10;1-6-2-4-7(5-3-6)11(8,9)10/h2-6,9,12H,7H2,1H3;2-5H,1H3,(H,8,9,10)/p-1. The van der Waals surface area contributed by atoms with Gasteiger partial charge in [-0.05, 0) is 31.2 Å². The molecular formula is C18H19O6S-. The van der Waals surface area contributed by atoms with Crippen LogP contribution in [-0.4, -0.2) is 37.9 Å². The van der Waals surface area contributed by atoms with E-state index in [2.05, 4.69) is 0 Å². The predicted molar refractivity (Wildman–Crippen MR) is 92.7 cm³/mol. The summed E-state index contributed by atoms with van der Waals surface area (Å²) in [5.74, 6) is 1.40. The highest BCUT2D eigenvalue weighted by Crippen LogP contribution is 2.35. The van der Waals surface area contributed by atoms with Crippen LogP contribution in [0.5, 0.6) is 11.5 Å². The van der Waals surface area contributed by atoms with E-state index < -0.39 is 10.1 Å². The minimum Gasteiger partial charge on any atom is -0.744 e. The molecule has 0 aliphatic carbocycles. The van der Waals surface area contributed by atoms with Crippen molar-refractivity contribution in [2.24, 2.45) is 0 Å². The lowest BCUT2D eigenvalue weighted by molar-refractivity contribution is 0.144. The van der Waals surface area contributed by atoms with Gasteiger partial charge in [0.05, 0.1) is 18.6 Å². The van der Waals surface area contributed by atoms with Crippen LogP contribution < -0.4 is 9.47 Å². The topological polar surface area (TPSA) is 95.9 Å². The van der Waals surface area contributed by atoms with Gasteiger partial charge in [-0.3, -0.25) is 0 Å². The van der Waals surface area contributed by atoms with Gasteiger partial charge in [0.15, 0.2) is 11.5 Å². The molecule has 0 aromatic heterocycles. The fourth-order valence-electron chi connectivity index (χ4n) is 2.16. The summed E-state index contributed by atoms with van der Waals surface area (Å²) in [6, 6.07) is 11.5. The molecule has 0 saturated heterocycles. The average molecular weight is 363 g/mol. The Hall–Kier alpha value is -2.35. The van der Waals surface area contributed by atoms with Gasteiger partial charge in [0.1, 0.15) is 16.2 Å². The lowest BCUT2D eigenvalue weighted by atomic mass is 10.1. The summed E-state index contributed by atoms with van der Waals surface area (Å²) >= 11 is 0. The number of aryl methyl sites for hydroxylation is 1. The van der Waals surface area contributed by atoms with E-state index in [-0.39, 0.29) is 17.6 Å².